The van der Waals surface area contributed by atoms with Gasteiger partial charge in [0.1, 0.15) is 18.4 Å². The summed E-state index contributed by atoms with van der Waals surface area (Å²) in [6.07, 6.45) is -0.487. The molecule has 7 nitrogen and oxygen atoms in total. The summed E-state index contributed by atoms with van der Waals surface area (Å²) in [6.45, 7) is 1.65. The minimum absolute atomic E-state index is 0.0963. The zero-order valence-corrected chi connectivity index (χ0v) is 15.8. The maximum Gasteiger partial charge on any atom is 0.410 e. The molecule has 0 bridgehead atoms. The predicted octanol–water partition coefficient (Wildman–Crippen LogP) is 2.60. The van der Waals surface area contributed by atoms with Crippen LogP contribution in [0.1, 0.15) is 11.1 Å². The number of carboxylic acids is 1. The first-order valence-electron chi connectivity index (χ1n) is 9.12. The van der Waals surface area contributed by atoms with Crippen LogP contribution in [0.5, 0.6) is 5.75 Å². The smallest absolute Gasteiger partial charge is 0.410 e. The number of methoxy groups -OCH3 is 1. The molecule has 1 atom stereocenters. The highest BCUT2D eigenvalue weighted by Crippen LogP contribution is 2.18. The Labute approximate surface area is 164 Å². The molecule has 0 unspecified atom stereocenters. The van der Waals surface area contributed by atoms with Crippen LogP contribution in [0.3, 0.4) is 0 Å². The number of ether oxygens (including phenoxy) is 2. The first kappa shape index (κ1) is 19.7. The van der Waals surface area contributed by atoms with Gasteiger partial charge in [-0.15, -0.1) is 0 Å². The minimum Gasteiger partial charge on any atom is -0.497 e. The first-order valence-corrected chi connectivity index (χ1v) is 9.12. The Hall–Kier alpha value is -3.06. The number of carbonyl (C=O) groups excluding carboxylic acids is 1. The lowest BCUT2D eigenvalue weighted by atomic mass is 10.1. The van der Waals surface area contributed by atoms with E-state index in [0.717, 1.165) is 16.9 Å². The molecule has 148 valence electrons. The van der Waals surface area contributed by atoms with Crippen molar-refractivity contribution in [3.05, 3.63) is 65.7 Å². The Morgan fingerprint density at radius 2 is 1.75 bits per heavy atom. The van der Waals surface area contributed by atoms with Gasteiger partial charge in [-0.1, -0.05) is 42.5 Å². The summed E-state index contributed by atoms with van der Waals surface area (Å²) in [7, 11) is 1.60. The zero-order valence-electron chi connectivity index (χ0n) is 15.8. The Balaban J connectivity index is 1.58. The third-order valence-corrected chi connectivity index (χ3v) is 4.78. The fourth-order valence-corrected chi connectivity index (χ4v) is 3.19. The second kappa shape index (κ2) is 9.23. The summed E-state index contributed by atoms with van der Waals surface area (Å²) in [5, 5.41) is 9.64. The van der Waals surface area contributed by atoms with Crippen molar-refractivity contribution in [2.75, 3.05) is 26.7 Å². The van der Waals surface area contributed by atoms with E-state index in [2.05, 4.69) is 0 Å². The molecular formula is C21H24N2O5. The third-order valence-electron chi connectivity index (χ3n) is 4.78. The molecule has 0 aromatic heterocycles. The van der Waals surface area contributed by atoms with Gasteiger partial charge in [0.05, 0.1) is 13.7 Å². The van der Waals surface area contributed by atoms with Crippen molar-refractivity contribution < 1.29 is 24.2 Å². The maximum atomic E-state index is 12.4. The van der Waals surface area contributed by atoms with E-state index in [1.807, 2.05) is 59.5 Å². The van der Waals surface area contributed by atoms with Gasteiger partial charge in [0.25, 0.3) is 0 Å². The monoisotopic (exact) mass is 384 g/mol. The molecule has 0 spiro atoms. The molecule has 1 saturated heterocycles. The summed E-state index contributed by atoms with van der Waals surface area (Å²) in [5.74, 6) is -0.196. The number of amides is 1. The maximum absolute atomic E-state index is 12.4. The lowest BCUT2D eigenvalue weighted by Gasteiger charge is -2.38. The number of benzene rings is 2. The van der Waals surface area contributed by atoms with Gasteiger partial charge in [-0.2, -0.15) is 0 Å². The minimum atomic E-state index is -0.950. The van der Waals surface area contributed by atoms with Gasteiger partial charge in [-0.3, -0.25) is 9.69 Å². The second-order valence-corrected chi connectivity index (χ2v) is 6.66. The predicted molar refractivity (Wildman–Crippen MR) is 103 cm³/mol. The molecule has 0 saturated carbocycles. The molecule has 2 aromatic rings. The van der Waals surface area contributed by atoms with Crippen molar-refractivity contribution in [1.82, 2.24) is 9.80 Å². The quantitative estimate of drug-likeness (QED) is 0.825. The molecular weight excluding hydrogens is 360 g/mol. The summed E-state index contributed by atoms with van der Waals surface area (Å²) in [5.41, 5.74) is 1.89. The van der Waals surface area contributed by atoms with E-state index in [-0.39, 0.29) is 13.2 Å². The molecule has 1 N–H and O–H groups in total. The molecule has 1 fully saturated rings. The van der Waals surface area contributed by atoms with Crippen molar-refractivity contribution in [3.8, 4) is 5.75 Å². The van der Waals surface area contributed by atoms with Crippen LogP contribution in [0.2, 0.25) is 0 Å². The van der Waals surface area contributed by atoms with Crippen LogP contribution in [0.25, 0.3) is 0 Å². The van der Waals surface area contributed by atoms with Gasteiger partial charge in [-0.25, -0.2) is 4.79 Å². The van der Waals surface area contributed by atoms with Crippen molar-refractivity contribution in [2.24, 2.45) is 0 Å². The SMILES string of the molecule is COc1ccc(CN2CCN(C(=O)OCc3ccccc3)C[C@@H]2C(=O)O)cc1. The number of nitrogens with zero attached hydrogens (tertiary/aromatic N) is 2. The topological polar surface area (TPSA) is 79.3 Å². The summed E-state index contributed by atoms with van der Waals surface area (Å²) in [4.78, 5) is 27.4. The highest BCUT2D eigenvalue weighted by molar-refractivity contribution is 5.76. The van der Waals surface area contributed by atoms with Gasteiger partial charge in [0.2, 0.25) is 0 Å². The molecule has 28 heavy (non-hydrogen) atoms. The molecule has 7 heteroatoms. The van der Waals surface area contributed by atoms with Crippen LogP contribution in [0.4, 0.5) is 4.79 Å². The van der Waals surface area contributed by atoms with E-state index in [0.29, 0.717) is 19.6 Å². The highest BCUT2D eigenvalue weighted by Gasteiger charge is 2.34. The molecule has 1 heterocycles. The van der Waals surface area contributed by atoms with Gasteiger partial charge >= 0.3 is 12.1 Å². The standard InChI is InChI=1S/C21H24N2O5/c1-27-18-9-7-16(8-10-18)13-22-11-12-23(14-19(22)20(24)25)21(26)28-15-17-5-3-2-4-6-17/h2-10,19H,11-15H2,1H3,(H,24,25)/t19-/m1/s1. The van der Waals surface area contributed by atoms with Crippen molar-refractivity contribution in [2.45, 2.75) is 19.2 Å². The van der Waals surface area contributed by atoms with E-state index in [1.165, 1.54) is 4.90 Å². The second-order valence-electron chi connectivity index (χ2n) is 6.66. The van der Waals surface area contributed by atoms with Crippen LogP contribution >= 0.6 is 0 Å². The molecule has 0 aliphatic carbocycles. The van der Waals surface area contributed by atoms with Crippen LogP contribution in [0, 0.1) is 0 Å². The van der Waals surface area contributed by atoms with Crippen LogP contribution in [0.15, 0.2) is 54.6 Å². The fourth-order valence-electron chi connectivity index (χ4n) is 3.19. The lowest BCUT2D eigenvalue weighted by molar-refractivity contribution is -0.145. The molecule has 1 aliphatic rings. The first-order chi connectivity index (χ1) is 13.6. The average molecular weight is 384 g/mol. The third kappa shape index (κ3) is 5.01. The van der Waals surface area contributed by atoms with Gasteiger partial charge in [0.15, 0.2) is 0 Å². The number of hydrogen-bond donors (Lipinski definition) is 1. The van der Waals surface area contributed by atoms with E-state index in [1.54, 1.807) is 7.11 Å². The average Bonchev–Trinajstić information content (AvgIpc) is 2.73. The number of rotatable bonds is 6. The summed E-state index contributed by atoms with van der Waals surface area (Å²) < 4.78 is 10.5. The van der Waals surface area contributed by atoms with Crippen LogP contribution in [-0.2, 0) is 22.7 Å². The van der Waals surface area contributed by atoms with Crippen molar-refractivity contribution >= 4 is 12.1 Å². The molecule has 0 radical (unpaired) electrons. The Morgan fingerprint density at radius 1 is 1.04 bits per heavy atom. The lowest BCUT2D eigenvalue weighted by Crippen LogP contribution is -2.57. The normalized spacial score (nSPS) is 17.2. The molecule has 2 aromatic carbocycles. The Kier molecular flexibility index (Phi) is 6.49. The number of carboxylic acid groups (broad SMARTS) is 1. The van der Waals surface area contributed by atoms with Gasteiger partial charge < -0.3 is 19.5 Å². The van der Waals surface area contributed by atoms with Gasteiger partial charge in [0, 0.05) is 19.6 Å². The van der Waals surface area contributed by atoms with Crippen LogP contribution in [-0.4, -0.2) is 59.8 Å². The van der Waals surface area contributed by atoms with Crippen molar-refractivity contribution in [3.63, 3.8) is 0 Å². The van der Waals surface area contributed by atoms with E-state index in [9.17, 15) is 14.7 Å². The van der Waals surface area contributed by atoms with Crippen molar-refractivity contribution in [1.29, 1.82) is 0 Å². The summed E-state index contributed by atoms with van der Waals surface area (Å²) >= 11 is 0. The number of aliphatic carboxylic acids is 1. The zero-order chi connectivity index (χ0) is 19.9. The fraction of sp³-hybridized carbons (Fsp3) is 0.333. The van der Waals surface area contributed by atoms with Crippen LogP contribution < -0.4 is 4.74 Å². The van der Waals surface area contributed by atoms with Gasteiger partial charge in [-0.05, 0) is 23.3 Å². The largest absolute Gasteiger partial charge is 0.497 e. The Bertz CT molecular complexity index is 794. The highest BCUT2D eigenvalue weighted by atomic mass is 16.6. The number of piperazine rings is 1. The summed E-state index contributed by atoms with van der Waals surface area (Å²) in [6, 6.07) is 16.1. The number of hydrogen-bond acceptors (Lipinski definition) is 5. The molecule has 1 amide bonds. The molecule has 1 aliphatic heterocycles. The van der Waals surface area contributed by atoms with E-state index in [4.69, 9.17) is 9.47 Å². The Morgan fingerprint density at radius 3 is 2.39 bits per heavy atom. The van der Waals surface area contributed by atoms with E-state index >= 15 is 0 Å². The van der Waals surface area contributed by atoms with E-state index < -0.39 is 18.1 Å². The molecule has 3 rings (SSSR count). The number of carbonyl (C=O) groups is 2.